The van der Waals surface area contributed by atoms with Gasteiger partial charge in [0.15, 0.2) is 0 Å². The van der Waals surface area contributed by atoms with E-state index < -0.39 is 0 Å². The van der Waals surface area contributed by atoms with Gasteiger partial charge in [0, 0.05) is 13.2 Å². The summed E-state index contributed by atoms with van der Waals surface area (Å²) < 4.78 is 5.61. The van der Waals surface area contributed by atoms with Gasteiger partial charge < -0.3 is 15.8 Å². The Kier molecular flexibility index (Phi) is 7.20. The number of nitrogens with one attached hydrogen (secondary N) is 1. The van der Waals surface area contributed by atoms with Crippen molar-refractivity contribution in [2.24, 2.45) is 23.0 Å². The molecule has 1 saturated carbocycles. The quantitative estimate of drug-likeness (QED) is 0.590. The first-order valence-electron chi connectivity index (χ1n) is 7.50. The molecule has 0 aliphatic heterocycles. The van der Waals surface area contributed by atoms with Gasteiger partial charge in [0.25, 0.3) is 0 Å². The van der Waals surface area contributed by atoms with Crippen LogP contribution in [0.5, 0.6) is 0 Å². The Bertz CT molecular complexity index is 209. The van der Waals surface area contributed by atoms with E-state index in [-0.39, 0.29) is 0 Å². The van der Waals surface area contributed by atoms with Crippen LogP contribution in [0.4, 0.5) is 0 Å². The maximum atomic E-state index is 5.82. The van der Waals surface area contributed by atoms with Gasteiger partial charge in [-0.3, -0.25) is 0 Å². The van der Waals surface area contributed by atoms with Crippen LogP contribution in [0.1, 0.15) is 46.5 Å². The lowest BCUT2D eigenvalue weighted by atomic mass is 9.84. The zero-order chi connectivity index (χ0) is 13.4. The molecule has 0 aromatic rings. The topological polar surface area (TPSA) is 47.3 Å². The van der Waals surface area contributed by atoms with Crippen molar-refractivity contribution in [2.45, 2.75) is 46.5 Å². The van der Waals surface area contributed by atoms with Gasteiger partial charge in [0.1, 0.15) is 0 Å². The molecule has 1 aliphatic rings. The molecular weight excluding hydrogens is 224 g/mol. The lowest BCUT2D eigenvalue weighted by Crippen LogP contribution is -2.32. The molecule has 108 valence electrons. The monoisotopic (exact) mass is 256 g/mol. The third kappa shape index (κ3) is 8.90. The smallest absolute Gasteiger partial charge is 0.0494 e. The van der Waals surface area contributed by atoms with Gasteiger partial charge in [-0.05, 0) is 62.6 Å². The predicted molar refractivity (Wildman–Crippen MR) is 77.6 cm³/mol. The molecule has 3 heteroatoms. The van der Waals surface area contributed by atoms with E-state index in [9.17, 15) is 0 Å². The average Bonchev–Trinajstić information content (AvgIpc) is 3.08. The Balaban J connectivity index is 1.90. The zero-order valence-corrected chi connectivity index (χ0v) is 12.5. The molecule has 1 unspecified atom stereocenters. The third-order valence-corrected chi connectivity index (χ3v) is 3.36. The SMILES string of the molecule is CC(C)(C)CC(CN)CNCCCOCC1CC1. The van der Waals surface area contributed by atoms with Crippen molar-refractivity contribution in [2.75, 3.05) is 32.8 Å². The van der Waals surface area contributed by atoms with Gasteiger partial charge in [0.2, 0.25) is 0 Å². The fourth-order valence-electron chi connectivity index (χ4n) is 2.24. The fourth-order valence-corrected chi connectivity index (χ4v) is 2.24. The van der Waals surface area contributed by atoms with Crippen molar-refractivity contribution in [3.8, 4) is 0 Å². The number of hydrogen-bond acceptors (Lipinski definition) is 3. The van der Waals surface area contributed by atoms with Crippen molar-refractivity contribution < 1.29 is 4.74 Å². The molecule has 1 aliphatic carbocycles. The number of ether oxygens (including phenoxy) is 1. The van der Waals surface area contributed by atoms with Crippen molar-refractivity contribution in [3.63, 3.8) is 0 Å². The molecule has 0 saturated heterocycles. The molecule has 0 heterocycles. The Morgan fingerprint density at radius 1 is 1.33 bits per heavy atom. The summed E-state index contributed by atoms with van der Waals surface area (Å²) >= 11 is 0. The van der Waals surface area contributed by atoms with E-state index in [0.29, 0.717) is 11.3 Å². The summed E-state index contributed by atoms with van der Waals surface area (Å²) in [6.07, 6.45) is 5.06. The number of rotatable bonds is 10. The molecule has 3 nitrogen and oxygen atoms in total. The largest absolute Gasteiger partial charge is 0.381 e. The Labute approximate surface area is 113 Å². The molecule has 18 heavy (non-hydrogen) atoms. The minimum atomic E-state index is 0.374. The van der Waals surface area contributed by atoms with Crippen LogP contribution >= 0.6 is 0 Å². The van der Waals surface area contributed by atoms with E-state index in [0.717, 1.165) is 45.2 Å². The van der Waals surface area contributed by atoms with Crippen LogP contribution in [0.15, 0.2) is 0 Å². The summed E-state index contributed by atoms with van der Waals surface area (Å²) in [5.41, 5.74) is 6.19. The minimum absolute atomic E-state index is 0.374. The van der Waals surface area contributed by atoms with Crippen LogP contribution in [-0.2, 0) is 4.74 Å². The van der Waals surface area contributed by atoms with Crippen LogP contribution in [0.3, 0.4) is 0 Å². The lowest BCUT2D eigenvalue weighted by Gasteiger charge is -2.25. The molecular formula is C15H32N2O. The summed E-state index contributed by atoms with van der Waals surface area (Å²) in [4.78, 5) is 0. The van der Waals surface area contributed by atoms with E-state index in [2.05, 4.69) is 26.1 Å². The van der Waals surface area contributed by atoms with Crippen LogP contribution in [-0.4, -0.2) is 32.8 Å². The van der Waals surface area contributed by atoms with E-state index in [4.69, 9.17) is 10.5 Å². The van der Waals surface area contributed by atoms with E-state index in [1.165, 1.54) is 19.3 Å². The summed E-state index contributed by atoms with van der Waals surface area (Å²) in [6.45, 7) is 11.6. The first kappa shape index (κ1) is 15.9. The summed E-state index contributed by atoms with van der Waals surface area (Å²) in [5.74, 6) is 1.48. The highest BCUT2D eigenvalue weighted by Crippen LogP contribution is 2.28. The molecule has 0 aromatic heterocycles. The van der Waals surface area contributed by atoms with Gasteiger partial charge in [0.05, 0.1) is 0 Å². The van der Waals surface area contributed by atoms with Crippen LogP contribution in [0.25, 0.3) is 0 Å². The normalized spacial score (nSPS) is 18.0. The second-order valence-corrected chi connectivity index (χ2v) is 6.94. The highest BCUT2D eigenvalue weighted by Gasteiger charge is 2.20. The minimum Gasteiger partial charge on any atom is -0.381 e. The molecule has 1 atom stereocenters. The van der Waals surface area contributed by atoms with Crippen molar-refractivity contribution >= 4 is 0 Å². The Morgan fingerprint density at radius 3 is 2.61 bits per heavy atom. The van der Waals surface area contributed by atoms with E-state index in [1.54, 1.807) is 0 Å². The molecule has 3 N–H and O–H groups in total. The van der Waals surface area contributed by atoms with Gasteiger partial charge >= 0.3 is 0 Å². The first-order chi connectivity index (χ1) is 8.51. The highest BCUT2D eigenvalue weighted by atomic mass is 16.5. The van der Waals surface area contributed by atoms with Gasteiger partial charge in [-0.2, -0.15) is 0 Å². The zero-order valence-electron chi connectivity index (χ0n) is 12.5. The fraction of sp³-hybridized carbons (Fsp3) is 1.00. The summed E-state index contributed by atoms with van der Waals surface area (Å²) in [6, 6.07) is 0. The van der Waals surface area contributed by atoms with Crippen molar-refractivity contribution in [3.05, 3.63) is 0 Å². The predicted octanol–water partition coefficient (Wildman–Crippen LogP) is 2.40. The summed E-state index contributed by atoms with van der Waals surface area (Å²) in [7, 11) is 0. The van der Waals surface area contributed by atoms with E-state index in [1.807, 2.05) is 0 Å². The average molecular weight is 256 g/mol. The maximum Gasteiger partial charge on any atom is 0.0494 e. The van der Waals surface area contributed by atoms with Crippen molar-refractivity contribution in [1.29, 1.82) is 0 Å². The van der Waals surface area contributed by atoms with Gasteiger partial charge in [-0.15, -0.1) is 0 Å². The van der Waals surface area contributed by atoms with Crippen LogP contribution < -0.4 is 11.1 Å². The summed E-state index contributed by atoms with van der Waals surface area (Å²) in [5, 5.41) is 3.50. The Hall–Kier alpha value is -0.120. The molecule has 0 aromatic carbocycles. The molecule has 0 spiro atoms. The molecule has 1 fully saturated rings. The van der Waals surface area contributed by atoms with Crippen molar-refractivity contribution in [1.82, 2.24) is 5.32 Å². The number of hydrogen-bond donors (Lipinski definition) is 2. The maximum absolute atomic E-state index is 5.82. The molecule has 0 amide bonds. The van der Waals surface area contributed by atoms with Crippen LogP contribution in [0.2, 0.25) is 0 Å². The van der Waals surface area contributed by atoms with E-state index >= 15 is 0 Å². The number of nitrogens with two attached hydrogens (primary N) is 1. The lowest BCUT2D eigenvalue weighted by molar-refractivity contribution is 0.121. The standard InChI is InChI=1S/C15H32N2O/c1-15(2,3)9-14(10-16)11-17-7-4-8-18-12-13-5-6-13/h13-14,17H,4-12,16H2,1-3H3. The molecule has 0 radical (unpaired) electrons. The third-order valence-electron chi connectivity index (χ3n) is 3.36. The Morgan fingerprint density at radius 2 is 2.06 bits per heavy atom. The first-order valence-corrected chi connectivity index (χ1v) is 7.50. The second-order valence-electron chi connectivity index (χ2n) is 6.94. The molecule has 1 rings (SSSR count). The van der Waals surface area contributed by atoms with Gasteiger partial charge in [-0.25, -0.2) is 0 Å². The highest BCUT2D eigenvalue weighted by molar-refractivity contribution is 4.72. The van der Waals surface area contributed by atoms with Gasteiger partial charge in [-0.1, -0.05) is 20.8 Å². The molecule has 0 bridgehead atoms. The second kappa shape index (κ2) is 8.13. The van der Waals surface area contributed by atoms with Crippen LogP contribution in [0, 0.1) is 17.3 Å².